The molecule has 0 bridgehead atoms. The molecular formula is C13H14F3N3O. The first-order valence-corrected chi connectivity index (χ1v) is 5.91. The van der Waals surface area contributed by atoms with Crippen molar-refractivity contribution in [1.29, 1.82) is 0 Å². The summed E-state index contributed by atoms with van der Waals surface area (Å²) in [6.45, 7) is 0.135. The number of aromatic nitrogens is 2. The number of alkyl halides is 3. The number of nitrogens with two attached hydrogens (primary N) is 1. The SMILES string of the molecule is COc1ccccc1C(N)Cn1ccc(C(F)(F)F)n1. The molecule has 0 aliphatic rings. The third-order valence-electron chi connectivity index (χ3n) is 2.85. The molecule has 1 unspecified atom stereocenters. The minimum Gasteiger partial charge on any atom is -0.496 e. The molecular weight excluding hydrogens is 271 g/mol. The van der Waals surface area contributed by atoms with Gasteiger partial charge >= 0.3 is 6.18 Å². The van der Waals surface area contributed by atoms with Crippen LogP contribution in [0.25, 0.3) is 0 Å². The van der Waals surface area contributed by atoms with E-state index in [9.17, 15) is 13.2 Å². The Kier molecular flexibility index (Phi) is 3.99. The Balaban J connectivity index is 2.15. The molecule has 0 amide bonds. The van der Waals surface area contributed by atoms with Gasteiger partial charge in [0.05, 0.1) is 19.7 Å². The van der Waals surface area contributed by atoms with Crippen LogP contribution in [0.4, 0.5) is 13.2 Å². The van der Waals surface area contributed by atoms with Crippen LogP contribution in [0.2, 0.25) is 0 Å². The number of hydrogen-bond donors (Lipinski definition) is 1. The van der Waals surface area contributed by atoms with Crippen LogP contribution in [0.1, 0.15) is 17.3 Å². The van der Waals surface area contributed by atoms with Gasteiger partial charge in [-0.3, -0.25) is 4.68 Å². The Morgan fingerprint density at radius 3 is 2.60 bits per heavy atom. The van der Waals surface area contributed by atoms with E-state index in [-0.39, 0.29) is 6.54 Å². The van der Waals surface area contributed by atoms with E-state index in [1.165, 1.54) is 18.0 Å². The van der Waals surface area contributed by atoms with E-state index in [1.807, 2.05) is 0 Å². The molecule has 1 aromatic heterocycles. The fourth-order valence-electron chi connectivity index (χ4n) is 1.89. The smallest absolute Gasteiger partial charge is 0.435 e. The number of nitrogens with zero attached hydrogens (tertiary/aromatic N) is 2. The number of hydrogen-bond acceptors (Lipinski definition) is 3. The summed E-state index contributed by atoms with van der Waals surface area (Å²) in [4.78, 5) is 0. The highest BCUT2D eigenvalue weighted by atomic mass is 19.4. The van der Waals surface area contributed by atoms with Gasteiger partial charge < -0.3 is 10.5 Å². The van der Waals surface area contributed by atoms with Crippen LogP contribution in [0.15, 0.2) is 36.5 Å². The summed E-state index contributed by atoms with van der Waals surface area (Å²) in [5.41, 5.74) is 5.79. The molecule has 0 saturated heterocycles. The van der Waals surface area contributed by atoms with E-state index in [4.69, 9.17) is 10.5 Å². The van der Waals surface area contributed by atoms with Crippen LogP contribution in [0.5, 0.6) is 5.75 Å². The third kappa shape index (κ3) is 3.11. The Morgan fingerprint density at radius 2 is 2.00 bits per heavy atom. The molecule has 1 aromatic carbocycles. The van der Waals surface area contributed by atoms with Gasteiger partial charge in [0, 0.05) is 11.8 Å². The highest BCUT2D eigenvalue weighted by Gasteiger charge is 2.33. The van der Waals surface area contributed by atoms with Gasteiger partial charge in [0.15, 0.2) is 5.69 Å². The Bertz CT molecular complexity index is 580. The van der Waals surface area contributed by atoms with Gasteiger partial charge in [0.2, 0.25) is 0 Å². The molecule has 20 heavy (non-hydrogen) atoms. The van der Waals surface area contributed by atoms with Gasteiger partial charge in [0.25, 0.3) is 0 Å². The summed E-state index contributed by atoms with van der Waals surface area (Å²) in [5, 5.41) is 3.47. The zero-order valence-electron chi connectivity index (χ0n) is 10.8. The summed E-state index contributed by atoms with van der Waals surface area (Å²) >= 11 is 0. The molecule has 2 rings (SSSR count). The average Bonchev–Trinajstić information content (AvgIpc) is 2.87. The molecule has 0 aliphatic carbocycles. The van der Waals surface area contributed by atoms with E-state index < -0.39 is 17.9 Å². The highest BCUT2D eigenvalue weighted by molar-refractivity contribution is 5.35. The molecule has 0 spiro atoms. The number of methoxy groups -OCH3 is 1. The molecule has 7 heteroatoms. The second-order valence-corrected chi connectivity index (χ2v) is 4.27. The van der Waals surface area contributed by atoms with Crippen molar-refractivity contribution in [3.05, 3.63) is 47.8 Å². The van der Waals surface area contributed by atoms with Gasteiger partial charge in [-0.05, 0) is 12.1 Å². The average molecular weight is 285 g/mol. The third-order valence-corrected chi connectivity index (χ3v) is 2.85. The van der Waals surface area contributed by atoms with E-state index in [2.05, 4.69) is 5.10 Å². The summed E-state index contributed by atoms with van der Waals surface area (Å²) in [6.07, 6.45) is -3.18. The van der Waals surface area contributed by atoms with Crippen LogP contribution >= 0.6 is 0 Å². The lowest BCUT2D eigenvalue weighted by atomic mass is 10.1. The van der Waals surface area contributed by atoms with E-state index >= 15 is 0 Å². The number of benzene rings is 1. The lowest BCUT2D eigenvalue weighted by molar-refractivity contribution is -0.141. The normalized spacial score (nSPS) is 13.2. The van der Waals surface area contributed by atoms with Crippen molar-refractivity contribution >= 4 is 0 Å². The first-order chi connectivity index (χ1) is 9.41. The topological polar surface area (TPSA) is 53.1 Å². The van der Waals surface area contributed by atoms with E-state index in [0.717, 1.165) is 11.6 Å². The summed E-state index contributed by atoms with van der Waals surface area (Å²) in [5.74, 6) is 0.600. The summed E-state index contributed by atoms with van der Waals surface area (Å²) in [7, 11) is 1.52. The Hall–Kier alpha value is -2.02. The van der Waals surface area contributed by atoms with Crippen molar-refractivity contribution in [3.8, 4) is 5.75 Å². The van der Waals surface area contributed by atoms with Gasteiger partial charge in [-0.1, -0.05) is 18.2 Å². The second-order valence-electron chi connectivity index (χ2n) is 4.27. The lowest BCUT2D eigenvalue weighted by Gasteiger charge is -2.15. The monoisotopic (exact) mass is 285 g/mol. The minimum absolute atomic E-state index is 0.135. The lowest BCUT2D eigenvalue weighted by Crippen LogP contribution is -2.19. The van der Waals surface area contributed by atoms with Gasteiger partial charge in [-0.15, -0.1) is 0 Å². The summed E-state index contributed by atoms with van der Waals surface area (Å²) in [6, 6.07) is 7.53. The van der Waals surface area contributed by atoms with Crippen LogP contribution in [-0.4, -0.2) is 16.9 Å². The number of ether oxygens (including phenoxy) is 1. The quantitative estimate of drug-likeness (QED) is 0.939. The fourth-order valence-corrected chi connectivity index (χ4v) is 1.89. The largest absolute Gasteiger partial charge is 0.496 e. The maximum Gasteiger partial charge on any atom is 0.435 e. The fraction of sp³-hybridized carbons (Fsp3) is 0.308. The van der Waals surface area contributed by atoms with Crippen molar-refractivity contribution in [3.63, 3.8) is 0 Å². The molecule has 0 radical (unpaired) electrons. The van der Waals surface area contributed by atoms with E-state index in [1.54, 1.807) is 24.3 Å². The van der Waals surface area contributed by atoms with Crippen molar-refractivity contribution in [2.45, 2.75) is 18.8 Å². The zero-order valence-corrected chi connectivity index (χ0v) is 10.8. The number of halogens is 3. The Labute approximate surface area is 114 Å². The van der Waals surface area contributed by atoms with Gasteiger partial charge in [-0.2, -0.15) is 18.3 Å². The predicted octanol–water partition coefficient (Wildman–Crippen LogP) is 2.61. The maximum atomic E-state index is 12.5. The van der Waals surface area contributed by atoms with Crippen LogP contribution < -0.4 is 10.5 Å². The molecule has 4 nitrogen and oxygen atoms in total. The minimum atomic E-state index is -4.44. The molecule has 0 saturated carbocycles. The van der Waals surface area contributed by atoms with Crippen LogP contribution in [0, 0.1) is 0 Å². The van der Waals surface area contributed by atoms with Crippen molar-refractivity contribution in [2.75, 3.05) is 7.11 Å². The second kappa shape index (κ2) is 5.54. The number of para-hydroxylation sites is 1. The first-order valence-electron chi connectivity index (χ1n) is 5.91. The van der Waals surface area contributed by atoms with Crippen molar-refractivity contribution in [2.24, 2.45) is 5.73 Å². The molecule has 1 heterocycles. The molecule has 108 valence electrons. The molecule has 2 N–H and O–H groups in total. The first kappa shape index (κ1) is 14.4. The molecule has 0 fully saturated rings. The molecule has 1 atom stereocenters. The van der Waals surface area contributed by atoms with Gasteiger partial charge in [-0.25, -0.2) is 0 Å². The van der Waals surface area contributed by atoms with Crippen LogP contribution in [0.3, 0.4) is 0 Å². The van der Waals surface area contributed by atoms with E-state index in [0.29, 0.717) is 5.75 Å². The summed E-state index contributed by atoms with van der Waals surface area (Å²) < 4.78 is 43.7. The molecule has 0 aliphatic heterocycles. The molecule has 2 aromatic rings. The van der Waals surface area contributed by atoms with Gasteiger partial charge in [0.1, 0.15) is 5.75 Å². The number of rotatable bonds is 4. The highest BCUT2D eigenvalue weighted by Crippen LogP contribution is 2.28. The standard InChI is InChI=1S/C13H14F3N3O/c1-20-11-5-3-2-4-9(11)10(17)8-19-7-6-12(18-19)13(14,15)16/h2-7,10H,8,17H2,1H3. The van der Waals surface area contributed by atoms with Crippen molar-refractivity contribution in [1.82, 2.24) is 9.78 Å². The Morgan fingerprint density at radius 1 is 1.30 bits per heavy atom. The predicted molar refractivity (Wildman–Crippen MR) is 67.2 cm³/mol. The zero-order chi connectivity index (χ0) is 14.8. The van der Waals surface area contributed by atoms with Crippen LogP contribution in [-0.2, 0) is 12.7 Å². The maximum absolute atomic E-state index is 12.5. The van der Waals surface area contributed by atoms with Crippen molar-refractivity contribution < 1.29 is 17.9 Å².